The van der Waals surface area contributed by atoms with Gasteiger partial charge in [-0.25, -0.2) is 9.97 Å². The molecule has 0 N–H and O–H groups in total. The Morgan fingerprint density at radius 1 is 0.478 bits per heavy atom. The van der Waals surface area contributed by atoms with Gasteiger partial charge >= 0.3 is 0 Å². The third kappa shape index (κ3) is 2.97. The van der Waals surface area contributed by atoms with Gasteiger partial charge in [-0.15, -0.1) is 0 Å². The summed E-state index contributed by atoms with van der Waals surface area (Å²) in [4.78, 5) is 14.4. The summed E-state index contributed by atoms with van der Waals surface area (Å²) in [5, 5.41) is 11.1. The molecule has 5 heterocycles. The summed E-state index contributed by atoms with van der Waals surface area (Å²) in [5.41, 5.74) is 8.78. The Kier molecular flexibility index (Phi) is 4.52. The van der Waals surface area contributed by atoms with E-state index in [-0.39, 0.29) is 0 Å². The molecule has 0 fully saturated rings. The predicted octanol–water partition coefficient (Wildman–Crippen LogP) is 10.1. The van der Waals surface area contributed by atoms with Crippen LogP contribution >= 0.6 is 0 Å². The maximum absolute atomic E-state index is 4.91. The Morgan fingerprint density at radius 3 is 2.02 bits per heavy atom. The molecule has 212 valence electrons. The van der Waals surface area contributed by atoms with E-state index in [9.17, 15) is 0 Å². The molecule has 0 aliphatic heterocycles. The highest BCUT2D eigenvalue weighted by Crippen LogP contribution is 2.48. The highest BCUT2D eigenvalue weighted by Gasteiger charge is 2.25. The Labute approximate surface area is 261 Å². The highest BCUT2D eigenvalue weighted by molar-refractivity contribution is 6.38. The van der Waals surface area contributed by atoms with Crippen molar-refractivity contribution >= 4 is 81.6 Å². The minimum atomic E-state index is 0.662. The first-order valence-corrected chi connectivity index (χ1v) is 15.5. The van der Waals surface area contributed by atoms with E-state index in [2.05, 4.69) is 106 Å². The number of nitrogens with zero attached hydrogens (tertiary/aromatic N) is 5. The summed E-state index contributed by atoms with van der Waals surface area (Å²) >= 11 is 0. The van der Waals surface area contributed by atoms with Crippen molar-refractivity contribution in [2.75, 3.05) is 0 Å². The predicted molar refractivity (Wildman–Crippen MR) is 189 cm³/mol. The lowest BCUT2D eigenvalue weighted by molar-refractivity contribution is 1.13. The van der Waals surface area contributed by atoms with Crippen LogP contribution in [0, 0.1) is 0 Å². The summed E-state index contributed by atoms with van der Waals surface area (Å²) in [7, 11) is 0. The molecule has 11 aromatic rings. The maximum atomic E-state index is 4.91. The van der Waals surface area contributed by atoms with Gasteiger partial charge in [0.15, 0.2) is 5.82 Å². The number of hydrogen-bond acceptors (Lipinski definition) is 3. The first-order valence-electron chi connectivity index (χ1n) is 15.5. The Bertz CT molecular complexity index is 3030. The van der Waals surface area contributed by atoms with E-state index < -0.39 is 0 Å². The summed E-state index contributed by atoms with van der Waals surface area (Å²) in [6.45, 7) is 0. The molecule has 0 saturated carbocycles. The first kappa shape index (κ1) is 24.0. The molecule has 0 unspecified atom stereocenters. The van der Waals surface area contributed by atoms with Crippen LogP contribution in [0.3, 0.4) is 0 Å². The molecule has 5 heteroatoms. The zero-order valence-electron chi connectivity index (χ0n) is 24.5. The van der Waals surface area contributed by atoms with Crippen LogP contribution in [-0.2, 0) is 0 Å². The molecular formula is C41H23N5. The molecule has 0 aliphatic carbocycles. The van der Waals surface area contributed by atoms with Crippen molar-refractivity contribution in [2.24, 2.45) is 0 Å². The monoisotopic (exact) mass is 585 g/mol. The Hall–Kier alpha value is -6.33. The Balaban J connectivity index is 1.36. The van der Waals surface area contributed by atoms with E-state index in [1.807, 2.05) is 42.9 Å². The van der Waals surface area contributed by atoms with Gasteiger partial charge in [0.1, 0.15) is 0 Å². The molecule has 0 saturated heterocycles. The van der Waals surface area contributed by atoms with Gasteiger partial charge in [-0.2, -0.15) is 0 Å². The van der Waals surface area contributed by atoms with Crippen LogP contribution in [0.15, 0.2) is 140 Å². The van der Waals surface area contributed by atoms with Crippen molar-refractivity contribution in [3.63, 3.8) is 0 Å². The molecule has 0 spiro atoms. The number of para-hydroxylation sites is 4. The highest BCUT2D eigenvalue weighted by atomic mass is 15.0. The van der Waals surface area contributed by atoms with Crippen LogP contribution in [0.4, 0.5) is 0 Å². The van der Waals surface area contributed by atoms with Crippen LogP contribution in [0.5, 0.6) is 0 Å². The fourth-order valence-corrected chi connectivity index (χ4v) is 7.90. The lowest BCUT2D eigenvalue weighted by atomic mass is 9.98. The van der Waals surface area contributed by atoms with Crippen LogP contribution < -0.4 is 0 Å². The fourth-order valence-electron chi connectivity index (χ4n) is 7.90. The van der Waals surface area contributed by atoms with Gasteiger partial charge in [0, 0.05) is 55.7 Å². The summed E-state index contributed by atoms with van der Waals surface area (Å²) in [6, 6.07) is 43.4. The van der Waals surface area contributed by atoms with E-state index in [0.29, 0.717) is 5.82 Å². The van der Waals surface area contributed by atoms with E-state index in [1.165, 1.54) is 65.2 Å². The number of benzene rings is 6. The van der Waals surface area contributed by atoms with Gasteiger partial charge < -0.3 is 8.97 Å². The lowest BCUT2D eigenvalue weighted by Crippen LogP contribution is -1.98. The fraction of sp³-hybridized carbons (Fsp3) is 0. The van der Waals surface area contributed by atoms with Crippen molar-refractivity contribution in [2.45, 2.75) is 0 Å². The van der Waals surface area contributed by atoms with E-state index in [0.717, 1.165) is 27.7 Å². The molecule has 0 aliphatic rings. The molecule has 11 rings (SSSR count). The normalized spacial score (nSPS) is 12.3. The minimum absolute atomic E-state index is 0.662. The van der Waals surface area contributed by atoms with Gasteiger partial charge in [-0.1, -0.05) is 97.1 Å². The zero-order valence-corrected chi connectivity index (χ0v) is 24.5. The van der Waals surface area contributed by atoms with Crippen LogP contribution in [0.1, 0.15) is 0 Å². The van der Waals surface area contributed by atoms with Gasteiger partial charge in [0.2, 0.25) is 0 Å². The molecule has 0 atom stereocenters. The van der Waals surface area contributed by atoms with Crippen molar-refractivity contribution in [1.29, 1.82) is 0 Å². The topological polar surface area (TPSA) is 48.0 Å². The summed E-state index contributed by atoms with van der Waals surface area (Å²) in [5.74, 6) is 0.662. The second-order valence-electron chi connectivity index (χ2n) is 12.1. The number of pyridine rings is 1. The molecule has 0 amide bonds. The minimum Gasteiger partial charge on any atom is -0.306 e. The SMILES string of the molecule is c1ccc2nc(-c3cncc(-n4c5ccccc5c5c6ccccc6c6c7cccc8c9ccccc9n(c87)c6c54)c3)ncc2c1. The molecule has 46 heavy (non-hydrogen) atoms. The number of hydrogen-bond donors (Lipinski definition) is 0. The first-order chi connectivity index (χ1) is 22.8. The largest absolute Gasteiger partial charge is 0.306 e. The maximum Gasteiger partial charge on any atom is 0.161 e. The van der Waals surface area contributed by atoms with Crippen LogP contribution in [0.2, 0.25) is 0 Å². The zero-order chi connectivity index (χ0) is 29.9. The van der Waals surface area contributed by atoms with Crippen LogP contribution in [0.25, 0.3) is 98.7 Å². The van der Waals surface area contributed by atoms with Gasteiger partial charge in [0.05, 0.1) is 45.0 Å². The van der Waals surface area contributed by atoms with E-state index >= 15 is 0 Å². The van der Waals surface area contributed by atoms with Gasteiger partial charge in [-0.05, 0) is 35.0 Å². The quantitative estimate of drug-likeness (QED) is 0.203. The van der Waals surface area contributed by atoms with Crippen molar-refractivity contribution in [3.05, 3.63) is 140 Å². The average molecular weight is 586 g/mol. The third-order valence-electron chi connectivity index (χ3n) is 9.72. The molecule has 5 aromatic heterocycles. The Morgan fingerprint density at radius 2 is 1.15 bits per heavy atom. The van der Waals surface area contributed by atoms with Crippen molar-refractivity contribution in [1.82, 2.24) is 23.9 Å². The van der Waals surface area contributed by atoms with E-state index in [1.54, 1.807) is 0 Å². The van der Waals surface area contributed by atoms with Crippen molar-refractivity contribution < 1.29 is 0 Å². The second-order valence-corrected chi connectivity index (χ2v) is 12.1. The molecule has 0 bridgehead atoms. The lowest BCUT2D eigenvalue weighted by Gasteiger charge is -2.12. The molecule has 6 aromatic carbocycles. The number of rotatable bonds is 2. The van der Waals surface area contributed by atoms with Gasteiger partial charge in [-0.3, -0.25) is 4.98 Å². The smallest absolute Gasteiger partial charge is 0.161 e. The number of aromatic nitrogens is 5. The average Bonchev–Trinajstić information content (AvgIpc) is 3.77. The second kappa shape index (κ2) is 8.65. The third-order valence-corrected chi connectivity index (χ3v) is 9.72. The van der Waals surface area contributed by atoms with Gasteiger partial charge in [0.25, 0.3) is 0 Å². The summed E-state index contributed by atoms with van der Waals surface area (Å²) < 4.78 is 4.91. The molecule has 5 nitrogen and oxygen atoms in total. The summed E-state index contributed by atoms with van der Waals surface area (Å²) in [6.07, 6.45) is 5.72. The molecule has 0 radical (unpaired) electrons. The standard InChI is InChI=1S/C41H23N5/c1-6-17-33-24(10-1)22-43-41(44-33)25-20-26(23-42-21-25)45-35-19-8-5-14-31(35)36-28-12-2-3-13-29(28)37-32-16-9-15-30-27-11-4-7-18-34(27)46(38(30)32)40(37)39(36)45/h1-23H. The van der Waals surface area contributed by atoms with Crippen molar-refractivity contribution in [3.8, 4) is 17.1 Å². The number of fused-ring (bicyclic) bond motifs is 14. The molecular weight excluding hydrogens is 562 g/mol. The van der Waals surface area contributed by atoms with Crippen LogP contribution in [-0.4, -0.2) is 23.9 Å². The van der Waals surface area contributed by atoms with E-state index in [4.69, 9.17) is 15.0 Å².